The Morgan fingerprint density at radius 1 is 1.13 bits per heavy atom. The molecule has 1 fully saturated rings. The van der Waals surface area contributed by atoms with Crippen molar-refractivity contribution in [1.82, 2.24) is 10.6 Å². The molecular weight excluding hydrogens is 315 g/mol. The molecule has 0 aromatic heterocycles. The van der Waals surface area contributed by atoms with Gasteiger partial charge in [0.25, 0.3) is 0 Å². The fourth-order valence-electron chi connectivity index (χ4n) is 1.88. The molecule has 0 atom stereocenters. The molecule has 4 N–H and O–H groups in total. The standard InChI is InChI=1S/C11H15BN2O9/c1-6(15)13-4-7(16)14-5-12-22-10(21)11(23-12,2-8(17)18)3-9(19)20/h2-5H2,1H3,(H,13,15)(H,14,16)(H,17,18)(H,19,20). The van der Waals surface area contributed by atoms with E-state index in [1.54, 1.807) is 0 Å². The van der Waals surface area contributed by atoms with Gasteiger partial charge in [0.1, 0.15) is 0 Å². The van der Waals surface area contributed by atoms with Crippen LogP contribution < -0.4 is 10.6 Å². The summed E-state index contributed by atoms with van der Waals surface area (Å²) < 4.78 is 9.89. The van der Waals surface area contributed by atoms with Crippen molar-refractivity contribution in [1.29, 1.82) is 0 Å². The number of carbonyl (C=O) groups is 5. The summed E-state index contributed by atoms with van der Waals surface area (Å²) in [6.45, 7) is 0.923. The lowest BCUT2D eigenvalue weighted by molar-refractivity contribution is -0.157. The number of amides is 2. The molecule has 0 unspecified atom stereocenters. The number of aliphatic carboxylic acids is 2. The SMILES string of the molecule is CC(=O)NCC(=O)NCB1OC(=O)C(CC(=O)O)(CC(=O)O)O1. The zero-order chi connectivity index (χ0) is 17.6. The monoisotopic (exact) mass is 330 g/mol. The molecule has 0 saturated carbocycles. The smallest absolute Gasteiger partial charge is 0.506 e. The Balaban J connectivity index is 2.62. The number of carboxylic acid groups (broad SMARTS) is 2. The summed E-state index contributed by atoms with van der Waals surface area (Å²) in [5.41, 5.74) is -2.13. The minimum Gasteiger partial charge on any atom is -0.506 e. The lowest BCUT2D eigenvalue weighted by Crippen LogP contribution is -2.44. The maximum atomic E-state index is 11.8. The van der Waals surface area contributed by atoms with Gasteiger partial charge < -0.3 is 30.2 Å². The van der Waals surface area contributed by atoms with Crippen LogP contribution in [0.4, 0.5) is 0 Å². The predicted octanol–water partition coefficient (Wildman–Crippen LogP) is -2.47. The third-order valence-corrected chi connectivity index (χ3v) is 2.80. The number of carbonyl (C=O) groups excluding carboxylic acids is 3. The molecule has 1 saturated heterocycles. The van der Waals surface area contributed by atoms with Crippen molar-refractivity contribution in [3.8, 4) is 0 Å². The zero-order valence-electron chi connectivity index (χ0n) is 12.2. The Morgan fingerprint density at radius 3 is 2.17 bits per heavy atom. The van der Waals surface area contributed by atoms with Crippen LogP contribution in [0, 0.1) is 0 Å². The molecule has 2 amide bonds. The Morgan fingerprint density at radius 2 is 1.70 bits per heavy atom. The predicted molar refractivity (Wildman–Crippen MR) is 71.9 cm³/mol. The average Bonchev–Trinajstić information content (AvgIpc) is 2.68. The summed E-state index contributed by atoms with van der Waals surface area (Å²) in [6, 6.07) is 0. The molecule has 126 valence electrons. The first-order valence-corrected chi connectivity index (χ1v) is 6.48. The molecule has 0 aromatic carbocycles. The summed E-state index contributed by atoms with van der Waals surface area (Å²) in [5.74, 6) is -4.99. The van der Waals surface area contributed by atoms with Crippen molar-refractivity contribution in [3.05, 3.63) is 0 Å². The minimum absolute atomic E-state index is 0.300. The lowest BCUT2D eigenvalue weighted by Gasteiger charge is -2.20. The number of nitrogens with one attached hydrogen (secondary N) is 2. The summed E-state index contributed by atoms with van der Waals surface area (Å²) in [7, 11) is -1.32. The minimum atomic E-state index is -2.13. The Labute approximate surface area is 130 Å². The summed E-state index contributed by atoms with van der Waals surface area (Å²) in [5, 5.41) is 22.1. The number of carboxylic acids is 2. The van der Waals surface area contributed by atoms with E-state index in [1.165, 1.54) is 6.92 Å². The Hall–Kier alpha value is -2.63. The molecule has 1 aliphatic heterocycles. The van der Waals surface area contributed by atoms with Gasteiger partial charge in [0.2, 0.25) is 11.8 Å². The summed E-state index contributed by atoms with van der Waals surface area (Å²) >= 11 is 0. The van der Waals surface area contributed by atoms with Gasteiger partial charge in [-0.25, -0.2) is 0 Å². The van der Waals surface area contributed by atoms with Crippen molar-refractivity contribution in [3.63, 3.8) is 0 Å². The largest absolute Gasteiger partial charge is 0.548 e. The number of hydrogen-bond acceptors (Lipinski definition) is 7. The highest BCUT2D eigenvalue weighted by atomic mass is 16.7. The molecule has 1 rings (SSSR count). The van der Waals surface area contributed by atoms with Crippen LogP contribution in [0.5, 0.6) is 0 Å². The van der Waals surface area contributed by atoms with Crippen LogP contribution >= 0.6 is 0 Å². The van der Waals surface area contributed by atoms with Gasteiger partial charge in [-0.3, -0.25) is 24.0 Å². The first-order valence-electron chi connectivity index (χ1n) is 6.48. The van der Waals surface area contributed by atoms with Gasteiger partial charge in [-0.2, -0.15) is 0 Å². The first-order chi connectivity index (χ1) is 10.6. The second-order valence-electron chi connectivity index (χ2n) is 4.80. The van der Waals surface area contributed by atoms with E-state index in [-0.39, 0.29) is 13.0 Å². The molecule has 0 bridgehead atoms. The molecule has 0 aromatic rings. The van der Waals surface area contributed by atoms with Gasteiger partial charge in [0, 0.05) is 6.92 Å². The zero-order valence-corrected chi connectivity index (χ0v) is 12.2. The van der Waals surface area contributed by atoms with Gasteiger partial charge in [0.05, 0.1) is 25.8 Å². The van der Waals surface area contributed by atoms with E-state index in [4.69, 9.17) is 19.5 Å². The van der Waals surface area contributed by atoms with Crippen molar-refractivity contribution in [2.45, 2.75) is 25.4 Å². The molecule has 1 aliphatic rings. The molecule has 23 heavy (non-hydrogen) atoms. The lowest BCUT2D eigenvalue weighted by atomic mass is 9.89. The maximum Gasteiger partial charge on any atom is 0.548 e. The normalized spacial score (nSPS) is 15.7. The third-order valence-electron chi connectivity index (χ3n) is 2.80. The van der Waals surface area contributed by atoms with Crippen LogP contribution in [0.1, 0.15) is 19.8 Å². The van der Waals surface area contributed by atoms with E-state index in [2.05, 4.69) is 10.6 Å². The van der Waals surface area contributed by atoms with Crippen molar-refractivity contribution in [2.24, 2.45) is 0 Å². The highest BCUT2D eigenvalue weighted by Crippen LogP contribution is 2.30. The maximum absolute atomic E-state index is 11.8. The van der Waals surface area contributed by atoms with Crippen LogP contribution in [-0.2, 0) is 33.3 Å². The van der Waals surface area contributed by atoms with Crippen LogP contribution in [0.2, 0.25) is 0 Å². The van der Waals surface area contributed by atoms with Gasteiger partial charge in [-0.15, -0.1) is 0 Å². The molecular formula is C11H15BN2O9. The van der Waals surface area contributed by atoms with Gasteiger partial charge in [-0.1, -0.05) is 0 Å². The number of hydrogen-bond donors (Lipinski definition) is 4. The van der Waals surface area contributed by atoms with Crippen LogP contribution in [0.15, 0.2) is 0 Å². The fourth-order valence-corrected chi connectivity index (χ4v) is 1.88. The van der Waals surface area contributed by atoms with E-state index in [1.807, 2.05) is 0 Å². The van der Waals surface area contributed by atoms with E-state index in [9.17, 15) is 24.0 Å². The van der Waals surface area contributed by atoms with E-state index >= 15 is 0 Å². The van der Waals surface area contributed by atoms with Gasteiger partial charge >= 0.3 is 25.0 Å². The van der Waals surface area contributed by atoms with E-state index in [0.717, 1.165) is 0 Å². The van der Waals surface area contributed by atoms with Crippen molar-refractivity contribution < 1.29 is 43.5 Å². The molecule has 11 nitrogen and oxygen atoms in total. The Bertz CT molecular complexity index is 520. The quantitative estimate of drug-likeness (QED) is 0.352. The highest BCUT2D eigenvalue weighted by molar-refractivity contribution is 6.50. The first kappa shape index (κ1) is 18.4. The molecule has 0 aliphatic carbocycles. The van der Waals surface area contributed by atoms with Gasteiger partial charge in [-0.05, 0) is 0 Å². The van der Waals surface area contributed by atoms with Crippen LogP contribution in [-0.4, -0.2) is 65.6 Å². The molecule has 0 radical (unpaired) electrons. The van der Waals surface area contributed by atoms with Crippen molar-refractivity contribution >= 4 is 36.8 Å². The fraction of sp³-hybridized carbons (Fsp3) is 0.545. The highest BCUT2D eigenvalue weighted by Gasteiger charge is 2.55. The third kappa shape index (κ3) is 5.58. The van der Waals surface area contributed by atoms with E-state index < -0.39 is 55.3 Å². The van der Waals surface area contributed by atoms with E-state index in [0.29, 0.717) is 0 Å². The topological polar surface area (TPSA) is 168 Å². The van der Waals surface area contributed by atoms with Crippen molar-refractivity contribution in [2.75, 3.05) is 13.0 Å². The summed E-state index contributed by atoms with van der Waals surface area (Å²) in [4.78, 5) is 55.5. The second kappa shape index (κ2) is 7.58. The van der Waals surface area contributed by atoms with Crippen LogP contribution in [0.25, 0.3) is 0 Å². The Kier molecular flexibility index (Phi) is 6.07. The molecule has 1 heterocycles. The molecule has 0 spiro atoms. The second-order valence-corrected chi connectivity index (χ2v) is 4.80. The van der Waals surface area contributed by atoms with Gasteiger partial charge in [0.15, 0.2) is 5.60 Å². The average molecular weight is 330 g/mol. The molecule has 12 heteroatoms. The van der Waals surface area contributed by atoms with Crippen LogP contribution in [0.3, 0.4) is 0 Å². The number of rotatable bonds is 8. The summed E-state index contributed by atoms with van der Waals surface area (Å²) in [6.07, 6.45) is -2.08.